The van der Waals surface area contributed by atoms with Gasteiger partial charge in [0.05, 0.1) is 0 Å². The van der Waals surface area contributed by atoms with Crippen LogP contribution in [-0.2, 0) is 4.79 Å². The summed E-state index contributed by atoms with van der Waals surface area (Å²) in [5, 5.41) is 6.60. The summed E-state index contributed by atoms with van der Waals surface area (Å²) in [7, 11) is 0. The molecule has 0 aromatic carbocycles. The van der Waals surface area contributed by atoms with Crippen LogP contribution in [0.4, 0.5) is 0 Å². The summed E-state index contributed by atoms with van der Waals surface area (Å²) in [4.78, 5) is 11.0. The fraction of sp³-hybridized carbons (Fsp3) is 0.917. The van der Waals surface area contributed by atoms with E-state index in [0.717, 1.165) is 18.9 Å². The van der Waals surface area contributed by atoms with Crippen LogP contribution in [0.1, 0.15) is 45.4 Å². The molecule has 1 saturated carbocycles. The van der Waals surface area contributed by atoms with Crippen LogP contribution in [0.5, 0.6) is 0 Å². The zero-order valence-corrected chi connectivity index (χ0v) is 9.59. The predicted octanol–water partition coefficient (Wildman–Crippen LogP) is 1.43. The van der Waals surface area contributed by atoms with E-state index in [9.17, 15) is 4.79 Å². The summed E-state index contributed by atoms with van der Waals surface area (Å²) in [6.45, 7) is 3.25. The highest BCUT2D eigenvalue weighted by atomic mass is 16.1. The van der Waals surface area contributed by atoms with Gasteiger partial charge in [-0.25, -0.2) is 0 Å². The Labute approximate surface area is 92.0 Å². The summed E-state index contributed by atoms with van der Waals surface area (Å²) in [5.41, 5.74) is 0. The first kappa shape index (κ1) is 10.9. The summed E-state index contributed by atoms with van der Waals surface area (Å²) in [5.74, 6) is 1.15. The molecule has 0 spiro atoms. The molecule has 86 valence electrons. The summed E-state index contributed by atoms with van der Waals surface area (Å²) in [6, 6.07) is 1.09. The highest BCUT2D eigenvalue weighted by molar-refractivity contribution is 5.78. The molecule has 0 radical (unpaired) electrons. The molecule has 15 heavy (non-hydrogen) atoms. The zero-order valence-electron chi connectivity index (χ0n) is 9.59. The Morgan fingerprint density at radius 3 is 2.87 bits per heavy atom. The van der Waals surface area contributed by atoms with Crippen molar-refractivity contribution in [3.8, 4) is 0 Å². The van der Waals surface area contributed by atoms with Gasteiger partial charge in [-0.1, -0.05) is 13.3 Å². The van der Waals surface area contributed by atoms with Crippen molar-refractivity contribution in [3.05, 3.63) is 0 Å². The van der Waals surface area contributed by atoms with Gasteiger partial charge in [-0.3, -0.25) is 4.79 Å². The lowest BCUT2D eigenvalue weighted by Gasteiger charge is -2.16. The van der Waals surface area contributed by atoms with Crippen molar-refractivity contribution in [3.63, 3.8) is 0 Å². The Hall–Kier alpha value is -0.570. The molecule has 1 aliphatic heterocycles. The van der Waals surface area contributed by atoms with Gasteiger partial charge in [-0.05, 0) is 31.6 Å². The van der Waals surface area contributed by atoms with Crippen LogP contribution in [0.15, 0.2) is 0 Å². The van der Waals surface area contributed by atoms with E-state index in [2.05, 4.69) is 17.6 Å². The van der Waals surface area contributed by atoms with E-state index in [4.69, 9.17) is 0 Å². The Morgan fingerprint density at radius 2 is 2.27 bits per heavy atom. The van der Waals surface area contributed by atoms with Gasteiger partial charge in [0.2, 0.25) is 5.91 Å². The van der Waals surface area contributed by atoms with E-state index in [1.54, 1.807) is 0 Å². The van der Waals surface area contributed by atoms with Crippen molar-refractivity contribution >= 4 is 5.91 Å². The molecule has 3 nitrogen and oxygen atoms in total. The third-order valence-electron chi connectivity index (χ3n) is 3.86. The molecule has 2 rings (SSSR count). The van der Waals surface area contributed by atoms with Crippen molar-refractivity contribution in [1.29, 1.82) is 0 Å². The Morgan fingerprint density at radius 1 is 1.40 bits per heavy atom. The van der Waals surface area contributed by atoms with Crippen LogP contribution >= 0.6 is 0 Å². The summed E-state index contributed by atoms with van der Waals surface area (Å²) < 4.78 is 0. The Balaban J connectivity index is 1.64. The van der Waals surface area contributed by atoms with E-state index in [1.165, 1.54) is 25.7 Å². The first-order chi connectivity index (χ1) is 7.28. The molecule has 1 heterocycles. The van der Waals surface area contributed by atoms with Crippen molar-refractivity contribution in [2.24, 2.45) is 5.92 Å². The van der Waals surface area contributed by atoms with Crippen molar-refractivity contribution in [2.45, 2.75) is 57.5 Å². The van der Waals surface area contributed by atoms with Gasteiger partial charge in [0.25, 0.3) is 0 Å². The number of hydrogen-bond donors (Lipinski definition) is 2. The average Bonchev–Trinajstić information content (AvgIpc) is 2.83. The minimum Gasteiger partial charge on any atom is -0.352 e. The Bertz CT molecular complexity index is 230. The van der Waals surface area contributed by atoms with Gasteiger partial charge < -0.3 is 10.6 Å². The molecule has 0 aromatic heterocycles. The van der Waals surface area contributed by atoms with Crippen LogP contribution in [-0.4, -0.2) is 24.5 Å². The van der Waals surface area contributed by atoms with Gasteiger partial charge in [0.1, 0.15) is 0 Å². The third-order valence-corrected chi connectivity index (χ3v) is 3.86. The maximum atomic E-state index is 11.0. The normalized spacial score (nSPS) is 35.8. The average molecular weight is 210 g/mol. The number of carbonyl (C=O) groups excluding carboxylic acids is 1. The highest BCUT2D eigenvalue weighted by Crippen LogP contribution is 2.27. The van der Waals surface area contributed by atoms with E-state index >= 15 is 0 Å². The lowest BCUT2D eigenvalue weighted by atomic mass is 10.1. The Kier molecular flexibility index (Phi) is 3.62. The van der Waals surface area contributed by atoms with Crippen LogP contribution in [0.2, 0.25) is 0 Å². The fourth-order valence-corrected chi connectivity index (χ4v) is 2.77. The monoisotopic (exact) mass is 210 g/mol. The number of nitrogens with one attached hydrogen (secondary N) is 2. The van der Waals surface area contributed by atoms with Crippen molar-refractivity contribution in [1.82, 2.24) is 10.6 Å². The number of amides is 1. The smallest absolute Gasteiger partial charge is 0.220 e. The molecule has 2 N–H and O–H groups in total. The van der Waals surface area contributed by atoms with Gasteiger partial charge in [-0.15, -0.1) is 0 Å². The number of carbonyl (C=O) groups is 1. The highest BCUT2D eigenvalue weighted by Gasteiger charge is 2.25. The summed E-state index contributed by atoms with van der Waals surface area (Å²) in [6.07, 6.45) is 7.07. The third kappa shape index (κ3) is 2.94. The molecule has 3 unspecified atom stereocenters. The van der Waals surface area contributed by atoms with Crippen LogP contribution < -0.4 is 10.6 Å². The van der Waals surface area contributed by atoms with Gasteiger partial charge in [-0.2, -0.15) is 0 Å². The molecular weight excluding hydrogens is 188 g/mol. The second-order valence-corrected chi connectivity index (χ2v) is 5.00. The second kappa shape index (κ2) is 4.97. The molecule has 3 atom stereocenters. The maximum Gasteiger partial charge on any atom is 0.220 e. The lowest BCUT2D eigenvalue weighted by molar-refractivity contribution is -0.119. The van der Waals surface area contributed by atoms with Crippen molar-refractivity contribution < 1.29 is 4.79 Å². The van der Waals surface area contributed by atoms with E-state index in [-0.39, 0.29) is 5.91 Å². The summed E-state index contributed by atoms with van der Waals surface area (Å²) >= 11 is 0. The molecule has 1 aliphatic carbocycles. The molecule has 0 aromatic rings. The molecule has 2 aliphatic rings. The SMILES string of the molecule is CCC1CCC(NCC2CCC(=O)N2)C1. The van der Waals surface area contributed by atoms with Crippen LogP contribution in [0, 0.1) is 5.92 Å². The predicted molar refractivity (Wildman–Crippen MR) is 60.6 cm³/mol. The fourth-order valence-electron chi connectivity index (χ4n) is 2.77. The molecule has 1 saturated heterocycles. The van der Waals surface area contributed by atoms with E-state index < -0.39 is 0 Å². The minimum absolute atomic E-state index is 0.222. The van der Waals surface area contributed by atoms with E-state index in [0.29, 0.717) is 18.5 Å². The first-order valence-electron chi connectivity index (χ1n) is 6.30. The first-order valence-corrected chi connectivity index (χ1v) is 6.30. The zero-order chi connectivity index (χ0) is 10.7. The molecule has 0 bridgehead atoms. The quantitative estimate of drug-likeness (QED) is 0.737. The van der Waals surface area contributed by atoms with Gasteiger partial charge in [0.15, 0.2) is 0 Å². The van der Waals surface area contributed by atoms with E-state index in [1.807, 2.05) is 0 Å². The molecule has 2 fully saturated rings. The maximum absolute atomic E-state index is 11.0. The molecular formula is C12H22N2O. The standard InChI is InChI=1S/C12H22N2O/c1-2-9-3-4-10(7-9)13-8-11-5-6-12(15)14-11/h9-11,13H,2-8H2,1H3,(H,14,15). The second-order valence-electron chi connectivity index (χ2n) is 5.00. The largest absolute Gasteiger partial charge is 0.352 e. The number of hydrogen-bond acceptors (Lipinski definition) is 2. The van der Waals surface area contributed by atoms with Gasteiger partial charge in [0, 0.05) is 25.0 Å². The van der Waals surface area contributed by atoms with Crippen LogP contribution in [0.25, 0.3) is 0 Å². The minimum atomic E-state index is 0.222. The molecule has 1 amide bonds. The number of rotatable bonds is 4. The molecule has 3 heteroatoms. The van der Waals surface area contributed by atoms with Gasteiger partial charge >= 0.3 is 0 Å². The topological polar surface area (TPSA) is 41.1 Å². The van der Waals surface area contributed by atoms with Crippen molar-refractivity contribution in [2.75, 3.05) is 6.54 Å². The van der Waals surface area contributed by atoms with Crippen LogP contribution in [0.3, 0.4) is 0 Å². The lowest BCUT2D eigenvalue weighted by Crippen LogP contribution is -2.39.